The summed E-state index contributed by atoms with van der Waals surface area (Å²) < 4.78 is 7.04. The molecule has 7 nitrogen and oxygen atoms in total. The first-order chi connectivity index (χ1) is 12.3. The van der Waals surface area contributed by atoms with E-state index in [0.717, 1.165) is 24.6 Å². The molecule has 1 aliphatic rings. The molecule has 0 aliphatic carbocycles. The summed E-state index contributed by atoms with van der Waals surface area (Å²) in [4.78, 5) is 21.1. The zero-order valence-corrected chi connectivity index (χ0v) is 14.0. The molecule has 0 saturated carbocycles. The highest BCUT2D eigenvalue weighted by Crippen LogP contribution is 2.19. The number of piperazine rings is 1. The van der Waals surface area contributed by atoms with E-state index in [1.807, 2.05) is 39.7 Å². The molecule has 3 heterocycles. The Hall–Kier alpha value is -3.09. The third-order valence-corrected chi connectivity index (χ3v) is 4.48. The molecule has 0 atom stereocenters. The third kappa shape index (κ3) is 2.88. The lowest BCUT2D eigenvalue weighted by Gasteiger charge is -2.36. The zero-order valence-electron chi connectivity index (χ0n) is 14.0. The first-order valence-electron chi connectivity index (χ1n) is 8.23. The standard InChI is InChI=1S/C18H19N5O2/c1-25-15-4-2-3-14(13-15)18(24)22-11-9-21(10-12-22)17-6-7-19-16-5-8-20-23(16)17/h2-8,13H,9-12H2,1H3. The van der Waals surface area contributed by atoms with E-state index in [-0.39, 0.29) is 5.91 Å². The Bertz CT molecular complexity index is 899. The number of rotatable bonds is 3. The highest BCUT2D eigenvalue weighted by Gasteiger charge is 2.23. The van der Waals surface area contributed by atoms with E-state index in [1.165, 1.54) is 0 Å². The van der Waals surface area contributed by atoms with Gasteiger partial charge in [0.05, 0.1) is 13.3 Å². The summed E-state index contributed by atoms with van der Waals surface area (Å²) in [5.74, 6) is 1.74. The Labute approximate surface area is 145 Å². The minimum Gasteiger partial charge on any atom is -0.497 e. The van der Waals surface area contributed by atoms with Gasteiger partial charge >= 0.3 is 0 Å². The highest BCUT2D eigenvalue weighted by molar-refractivity contribution is 5.94. The molecule has 1 fully saturated rings. The van der Waals surface area contributed by atoms with Gasteiger partial charge in [0.15, 0.2) is 5.65 Å². The Balaban J connectivity index is 1.48. The van der Waals surface area contributed by atoms with Crippen LogP contribution in [-0.2, 0) is 0 Å². The van der Waals surface area contributed by atoms with Gasteiger partial charge in [0.25, 0.3) is 5.91 Å². The lowest BCUT2D eigenvalue weighted by Crippen LogP contribution is -2.49. The van der Waals surface area contributed by atoms with Crippen LogP contribution in [0.15, 0.2) is 48.8 Å². The van der Waals surface area contributed by atoms with Crippen molar-refractivity contribution in [2.75, 3.05) is 38.2 Å². The second kappa shape index (κ2) is 6.43. The van der Waals surface area contributed by atoms with E-state index in [0.29, 0.717) is 24.4 Å². The van der Waals surface area contributed by atoms with Crippen molar-refractivity contribution in [2.24, 2.45) is 0 Å². The van der Waals surface area contributed by atoms with Crippen molar-refractivity contribution < 1.29 is 9.53 Å². The van der Waals surface area contributed by atoms with E-state index in [1.54, 1.807) is 25.6 Å². The van der Waals surface area contributed by atoms with Gasteiger partial charge in [-0.15, -0.1) is 0 Å². The topological polar surface area (TPSA) is 63.0 Å². The average molecular weight is 337 g/mol. The number of fused-ring (bicyclic) bond motifs is 1. The number of hydrogen-bond donors (Lipinski definition) is 0. The molecule has 25 heavy (non-hydrogen) atoms. The molecule has 2 aromatic heterocycles. The molecule has 128 valence electrons. The quantitative estimate of drug-likeness (QED) is 0.728. The molecule has 0 unspecified atom stereocenters. The molecule has 0 radical (unpaired) electrons. The van der Waals surface area contributed by atoms with E-state index in [2.05, 4.69) is 15.0 Å². The second-order valence-electron chi connectivity index (χ2n) is 5.92. The molecule has 4 rings (SSSR count). The van der Waals surface area contributed by atoms with Gasteiger partial charge in [-0.2, -0.15) is 9.61 Å². The van der Waals surface area contributed by atoms with Gasteiger partial charge in [0.1, 0.15) is 11.6 Å². The lowest BCUT2D eigenvalue weighted by atomic mass is 10.1. The number of aromatic nitrogens is 3. The fraction of sp³-hybridized carbons (Fsp3) is 0.278. The Morgan fingerprint density at radius 2 is 1.92 bits per heavy atom. The van der Waals surface area contributed by atoms with Crippen molar-refractivity contribution in [1.29, 1.82) is 0 Å². The number of hydrogen-bond acceptors (Lipinski definition) is 5. The summed E-state index contributed by atoms with van der Waals surface area (Å²) in [6, 6.07) is 11.1. The van der Waals surface area contributed by atoms with Crippen molar-refractivity contribution in [3.8, 4) is 5.75 Å². The van der Waals surface area contributed by atoms with Gasteiger partial charge < -0.3 is 14.5 Å². The Morgan fingerprint density at radius 3 is 2.72 bits per heavy atom. The van der Waals surface area contributed by atoms with Crippen molar-refractivity contribution in [3.05, 3.63) is 54.4 Å². The van der Waals surface area contributed by atoms with Crippen LogP contribution in [0.2, 0.25) is 0 Å². The maximum Gasteiger partial charge on any atom is 0.254 e. The summed E-state index contributed by atoms with van der Waals surface area (Å²) in [5.41, 5.74) is 1.48. The van der Waals surface area contributed by atoms with E-state index >= 15 is 0 Å². The molecular formula is C18H19N5O2. The van der Waals surface area contributed by atoms with Crippen LogP contribution in [0.25, 0.3) is 5.65 Å². The molecule has 1 saturated heterocycles. The van der Waals surface area contributed by atoms with Crippen LogP contribution >= 0.6 is 0 Å². The summed E-state index contributed by atoms with van der Waals surface area (Å²) in [6.45, 7) is 2.85. The number of benzene rings is 1. The smallest absolute Gasteiger partial charge is 0.254 e. The lowest BCUT2D eigenvalue weighted by molar-refractivity contribution is 0.0746. The van der Waals surface area contributed by atoms with Gasteiger partial charge in [-0.05, 0) is 24.3 Å². The first kappa shape index (κ1) is 15.4. The van der Waals surface area contributed by atoms with Crippen molar-refractivity contribution >= 4 is 17.4 Å². The molecular weight excluding hydrogens is 318 g/mol. The number of carbonyl (C=O) groups is 1. The zero-order chi connectivity index (χ0) is 17.2. The molecule has 1 aromatic carbocycles. The minimum absolute atomic E-state index is 0.0394. The van der Waals surface area contributed by atoms with Crippen LogP contribution in [0.1, 0.15) is 10.4 Å². The predicted octanol–water partition coefficient (Wildman–Crippen LogP) is 1.70. The van der Waals surface area contributed by atoms with Gasteiger partial charge in [0.2, 0.25) is 0 Å². The van der Waals surface area contributed by atoms with Crippen LogP contribution in [0.5, 0.6) is 5.75 Å². The van der Waals surface area contributed by atoms with Crippen LogP contribution < -0.4 is 9.64 Å². The fourth-order valence-corrected chi connectivity index (χ4v) is 3.14. The van der Waals surface area contributed by atoms with Crippen LogP contribution in [0.3, 0.4) is 0 Å². The maximum atomic E-state index is 12.7. The Morgan fingerprint density at radius 1 is 1.08 bits per heavy atom. The fourth-order valence-electron chi connectivity index (χ4n) is 3.14. The number of nitrogens with zero attached hydrogens (tertiary/aromatic N) is 5. The van der Waals surface area contributed by atoms with Crippen molar-refractivity contribution in [2.45, 2.75) is 0 Å². The monoisotopic (exact) mass is 337 g/mol. The van der Waals surface area contributed by atoms with E-state index < -0.39 is 0 Å². The van der Waals surface area contributed by atoms with Gasteiger partial charge in [-0.25, -0.2) is 4.98 Å². The van der Waals surface area contributed by atoms with E-state index in [9.17, 15) is 4.79 Å². The van der Waals surface area contributed by atoms with Gasteiger partial charge in [-0.1, -0.05) is 6.07 Å². The normalized spacial score (nSPS) is 14.8. The summed E-state index contributed by atoms with van der Waals surface area (Å²) in [5, 5.41) is 4.33. The van der Waals surface area contributed by atoms with E-state index in [4.69, 9.17) is 4.74 Å². The molecule has 1 aliphatic heterocycles. The van der Waals surface area contributed by atoms with Crippen molar-refractivity contribution in [1.82, 2.24) is 19.5 Å². The molecule has 7 heteroatoms. The highest BCUT2D eigenvalue weighted by atomic mass is 16.5. The molecule has 0 spiro atoms. The summed E-state index contributed by atoms with van der Waals surface area (Å²) >= 11 is 0. The molecule has 0 N–H and O–H groups in total. The molecule has 3 aromatic rings. The van der Waals surface area contributed by atoms with Crippen LogP contribution in [-0.4, -0.2) is 58.7 Å². The number of ether oxygens (including phenoxy) is 1. The maximum absolute atomic E-state index is 12.7. The number of methoxy groups -OCH3 is 1. The SMILES string of the molecule is COc1cccc(C(=O)N2CCN(c3ccnc4ccnn34)CC2)c1. The molecule has 1 amide bonds. The minimum atomic E-state index is 0.0394. The third-order valence-electron chi connectivity index (χ3n) is 4.48. The van der Waals surface area contributed by atoms with Crippen LogP contribution in [0, 0.1) is 0 Å². The van der Waals surface area contributed by atoms with Crippen molar-refractivity contribution in [3.63, 3.8) is 0 Å². The number of anilines is 1. The van der Waals surface area contributed by atoms with Crippen LogP contribution in [0.4, 0.5) is 5.82 Å². The predicted molar refractivity (Wildman–Crippen MR) is 94.1 cm³/mol. The Kier molecular flexibility index (Phi) is 3.97. The largest absolute Gasteiger partial charge is 0.497 e. The molecule has 0 bridgehead atoms. The second-order valence-corrected chi connectivity index (χ2v) is 5.92. The summed E-state index contributed by atoms with van der Waals surface area (Å²) in [6.07, 6.45) is 3.54. The number of carbonyl (C=O) groups excluding carboxylic acids is 1. The number of amides is 1. The summed E-state index contributed by atoms with van der Waals surface area (Å²) in [7, 11) is 1.60. The first-order valence-corrected chi connectivity index (χ1v) is 8.23. The van der Waals surface area contributed by atoms with Gasteiger partial charge in [0, 0.05) is 44.0 Å². The average Bonchev–Trinajstić information content (AvgIpc) is 3.16. The van der Waals surface area contributed by atoms with Gasteiger partial charge in [-0.3, -0.25) is 4.79 Å².